The molecule has 1 aromatic heterocycles. The highest BCUT2D eigenvalue weighted by molar-refractivity contribution is 6.31. The molecule has 0 saturated carbocycles. The number of nitrogens with one attached hydrogen (secondary N) is 3. The number of carboxylic acid groups (broad SMARTS) is 1. The van der Waals surface area contributed by atoms with E-state index in [0.29, 0.717) is 17.7 Å². The van der Waals surface area contributed by atoms with E-state index in [4.69, 9.17) is 27.9 Å². The summed E-state index contributed by atoms with van der Waals surface area (Å²) in [6.45, 7) is 6.02. The normalized spacial score (nSPS) is 23.0. The Morgan fingerprint density at radius 3 is 2.60 bits per heavy atom. The third kappa shape index (κ3) is 4.97. The zero-order valence-electron chi connectivity index (χ0n) is 23.2. The lowest BCUT2D eigenvalue weighted by Crippen LogP contribution is -2.49. The first-order valence-corrected chi connectivity index (χ1v) is 13.9. The summed E-state index contributed by atoms with van der Waals surface area (Å²) >= 11 is 12.4. The van der Waals surface area contributed by atoms with E-state index in [2.05, 4.69) is 20.9 Å². The highest BCUT2D eigenvalue weighted by Gasteiger charge is 2.66. The van der Waals surface area contributed by atoms with E-state index in [9.17, 15) is 19.5 Å². The maximum Gasteiger partial charge on any atom is 0.335 e. The molecule has 220 valence electrons. The molecule has 0 bridgehead atoms. The number of hydrogen-bond donors (Lipinski definition) is 4. The summed E-state index contributed by atoms with van der Waals surface area (Å²) in [5.41, 5.74) is -0.605. The van der Waals surface area contributed by atoms with Crippen LogP contribution in [0.1, 0.15) is 54.6 Å². The van der Waals surface area contributed by atoms with Crippen molar-refractivity contribution in [3.8, 4) is 5.75 Å². The van der Waals surface area contributed by atoms with Crippen molar-refractivity contribution in [2.45, 2.75) is 50.6 Å². The molecule has 1 saturated heterocycles. The number of ether oxygens (including phenoxy) is 1. The van der Waals surface area contributed by atoms with Crippen LogP contribution < -0.4 is 20.7 Å². The fourth-order valence-corrected chi connectivity index (χ4v) is 6.51. The number of methoxy groups -OCH3 is 1. The van der Waals surface area contributed by atoms with E-state index in [-0.39, 0.29) is 38.2 Å². The van der Waals surface area contributed by atoms with Gasteiger partial charge < -0.3 is 25.8 Å². The highest BCUT2D eigenvalue weighted by Crippen LogP contribution is 2.57. The summed E-state index contributed by atoms with van der Waals surface area (Å²) in [6, 6.07) is 8.27. The van der Waals surface area contributed by atoms with Crippen molar-refractivity contribution in [3.63, 3.8) is 0 Å². The first-order chi connectivity index (χ1) is 19.8. The van der Waals surface area contributed by atoms with Crippen molar-refractivity contribution in [3.05, 3.63) is 81.3 Å². The maximum absolute atomic E-state index is 15.9. The lowest BCUT2D eigenvalue weighted by atomic mass is 9.62. The Balaban J connectivity index is 1.70. The zero-order valence-corrected chi connectivity index (χ0v) is 24.7. The molecule has 4 N–H and O–H groups in total. The number of carboxylic acids is 1. The van der Waals surface area contributed by atoms with E-state index in [1.165, 1.54) is 49.7 Å². The Labute approximate surface area is 251 Å². The van der Waals surface area contributed by atoms with Gasteiger partial charge in [0.15, 0.2) is 0 Å². The van der Waals surface area contributed by atoms with Gasteiger partial charge in [-0.3, -0.25) is 9.59 Å². The quantitative estimate of drug-likeness (QED) is 0.265. The van der Waals surface area contributed by atoms with E-state index in [1.807, 2.05) is 20.8 Å². The van der Waals surface area contributed by atoms with Gasteiger partial charge in [0.25, 0.3) is 0 Å². The van der Waals surface area contributed by atoms with Crippen LogP contribution in [0.5, 0.6) is 5.75 Å². The predicted molar refractivity (Wildman–Crippen MR) is 157 cm³/mol. The first kappa shape index (κ1) is 29.8. The van der Waals surface area contributed by atoms with Crippen LogP contribution in [0, 0.1) is 11.2 Å². The number of halogens is 3. The minimum Gasteiger partial charge on any atom is -0.495 e. The molecule has 2 aromatic carbocycles. The van der Waals surface area contributed by atoms with Crippen molar-refractivity contribution in [2.24, 2.45) is 5.41 Å². The van der Waals surface area contributed by atoms with Crippen LogP contribution in [0.25, 0.3) is 0 Å². The Morgan fingerprint density at radius 1 is 1.19 bits per heavy atom. The van der Waals surface area contributed by atoms with Crippen LogP contribution >= 0.6 is 23.2 Å². The second kappa shape index (κ2) is 10.8. The molecule has 4 unspecified atom stereocenters. The molecule has 9 nitrogen and oxygen atoms in total. The number of aromatic nitrogens is 1. The molecule has 1 fully saturated rings. The van der Waals surface area contributed by atoms with Crippen molar-refractivity contribution in [1.29, 1.82) is 0 Å². The van der Waals surface area contributed by atoms with Gasteiger partial charge in [-0.05, 0) is 47.7 Å². The number of carbonyl (C=O) groups excluding carboxylic acids is 2. The second-order valence-corrected chi connectivity index (χ2v) is 12.5. The summed E-state index contributed by atoms with van der Waals surface area (Å²) in [5, 5.41) is 18.5. The topological polar surface area (TPSA) is 130 Å². The minimum atomic E-state index is -1.47. The lowest BCUT2D eigenvalue weighted by molar-refractivity contribution is -0.122. The van der Waals surface area contributed by atoms with Crippen LogP contribution in [0.15, 0.2) is 48.7 Å². The number of amides is 2. The van der Waals surface area contributed by atoms with Crippen molar-refractivity contribution >= 4 is 52.4 Å². The Hall–Kier alpha value is -3.73. The summed E-state index contributed by atoms with van der Waals surface area (Å²) in [7, 11) is 1.35. The Bertz CT molecular complexity index is 1610. The van der Waals surface area contributed by atoms with Crippen molar-refractivity contribution in [1.82, 2.24) is 10.3 Å². The monoisotopic (exact) mass is 614 g/mol. The van der Waals surface area contributed by atoms with E-state index < -0.39 is 47.0 Å². The molecule has 3 aromatic rings. The summed E-state index contributed by atoms with van der Waals surface area (Å²) in [4.78, 5) is 44.0. The van der Waals surface area contributed by atoms with E-state index in [0.717, 1.165) is 0 Å². The molecule has 5 rings (SSSR count). The van der Waals surface area contributed by atoms with Gasteiger partial charge in [-0.1, -0.05) is 56.1 Å². The van der Waals surface area contributed by atoms with Crippen LogP contribution in [0.2, 0.25) is 10.2 Å². The number of hydrogen-bond acceptors (Lipinski definition) is 6. The molecule has 2 aliphatic rings. The standard InChI is InChI=1S/C30H29Cl2FN4O5/c1-29(2,3)12-21-30(16-13-34-22(32)11-19(16)36-28(30)41)23(15-6-5-7-17(31)24(15)33)25(37-21)26(38)35-18-9-8-14(27(39)40)10-20(18)42-4/h5-11,13,21,23,25,37H,12H2,1-4H3,(H,35,38)(H,36,41)(H,39,40). The van der Waals surface area contributed by atoms with Gasteiger partial charge in [-0.15, -0.1) is 0 Å². The van der Waals surface area contributed by atoms with Crippen LogP contribution in [-0.4, -0.2) is 47.1 Å². The molecule has 42 heavy (non-hydrogen) atoms. The van der Waals surface area contributed by atoms with Crippen molar-refractivity contribution < 1.29 is 28.6 Å². The predicted octanol–water partition coefficient (Wildman–Crippen LogP) is 5.62. The molecule has 2 amide bonds. The molecular formula is C30H29Cl2FN4O5. The molecule has 1 spiro atoms. The van der Waals surface area contributed by atoms with Crippen LogP contribution in [0.3, 0.4) is 0 Å². The van der Waals surface area contributed by atoms with Crippen LogP contribution in [-0.2, 0) is 15.0 Å². The van der Waals surface area contributed by atoms with Gasteiger partial charge >= 0.3 is 5.97 Å². The second-order valence-electron chi connectivity index (χ2n) is 11.7. The number of benzene rings is 2. The largest absolute Gasteiger partial charge is 0.495 e. The molecule has 4 atom stereocenters. The Morgan fingerprint density at radius 2 is 1.93 bits per heavy atom. The van der Waals surface area contributed by atoms with Crippen LogP contribution in [0.4, 0.5) is 15.8 Å². The molecule has 0 aliphatic carbocycles. The number of rotatable bonds is 6. The van der Waals surface area contributed by atoms with Gasteiger partial charge in [0.05, 0.1) is 29.4 Å². The van der Waals surface area contributed by atoms with Gasteiger partial charge in [0.1, 0.15) is 22.1 Å². The van der Waals surface area contributed by atoms with Gasteiger partial charge in [0, 0.05) is 29.4 Å². The zero-order chi connectivity index (χ0) is 30.6. The fraction of sp³-hybridized carbons (Fsp3) is 0.333. The number of pyridine rings is 1. The van der Waals surface area contributed by atoms with Gasteiger partial charge in [-0.25, -0.2) is 14.2 Å². The third-order valence-corrected chi connectivity index (χ3v) is 8.31. The smallest absolute Gasteiger partial charge is 0.335 e. The summed E-state index contributed by atoms with van der Waals surface area (Å²) in [6.07, 6.45) is 1.93. The maximum atomic E-state index is 15.9. The average molecular weight is 615 g/mol. The minimum absolute atomic E-state index is 0.0303. The van der Waals surface area contributed by atoms with Gasteiger partial charge in [0.2, 0.25) is 11.8 Å². The van der Waals surface area contributed by atoms with Crippen molar-refractivity contribution in [2.75, 3.05) is 17.7 Å². The lowest BCUT2D eigenvalue weighted by Gasteiger charge is -2.37. The molecule has 2 aliphatic heterocycles. The summed E-state index contributed by atoms with van der Waals surface area (Å²) in [5.74, 6) is -3.86. The molecule has 12 heteroatoms. The SMILES string of the molecule is COc1cc(C(=O)O)ccc1NC(=O)C1NC(CC(C)(C)C)C2(C(=O)Nc3cc(Cl)ncc32)C1c1cccc(Cl)c1F. The average Bonchev–Trinajstić information content (AvgIpc) is 3.39. The summed E-state index contributed by atoms with van der Waals surface area (Å²) < 4.78 is 21.2. The number of fused-ring (bicyclic) bond motifs is 2. The Kier molecular flexibility index (Phi) is 7.67. The number of nitrogens with zero attached hydrogens (tertiary/aromatic N) is 1. The molecule has 0 radical (unpaired) electrons. The van der Waals surface area contributed by atoms with E-state index >= 15 is 4.39 Å². The third-order valence-electron chi connectivity index (χ3n) is 7.82. The first-order valence-electron chi connectivity index (χ1n) is 13.2. The number of carbonyl (C=O) groups is 3. The van der Waals surface area contributed by atoms with Gasteiger partial charge in [-0.2, -0.15) is 0 Å². The number of anilines is 2. The highest BCUT2D eigenvalue weighted by atomic mass is 35.5. The molecular weight excluding hydrogens is 586 g/mol. The number of aromatic carboxylic acids is 1. The fourth-order valence-electron chi connectivity index (χ4n) is 6.17. The molecule has 3 heterocycles. The van der Waals surface area contributed by atoms with E-state index in [1.54, 1.807) is 6.07 Å².